The number of aliphatic imine (C=N–C) groups is 1. The maximum absolute atomic E-state index is 4.68. The van der Waals surface area contributed by atoms with Gasteiger partial charge in [0.05, 0.1) is 17.2 Å². The van der Waals surface area contributed by atoms with Gasteiger partial charge in [0.1, 0.15) is 5.01 Å². The number of aromatic nitrogens is 2. The molecular formula is C16H26IN5S2. The summed E-state index contributed by atoms with van der Waals surface area (Å²) in [7, 11) is 1.78. The van der Waals surface area contributed by atoms with E-state index in [1.54, 1.807) is 29.7 Å². The fourth-order valence-electron chi connectivity index (χ4n) is 1.92. The lowest BCUT2D eigenvalue weighted by molar-refractivity contribution is 0.570. The van der Waals surface area contributed by atoms with Crippen LogP contribution in [0.25, 0.3) is 0 Å². The molecule has 2 N–H and O–H groups in total. The third-order valence-corrected chi connectivity index (χ3v) is 5.07. The fourth-order valence-corrected chi connectivity index (χ4v) is 3.67. The van der Waals surface area contributed by atoms with Crippen molar-refractivity contribution in [1.29, 1.82) is 0 Å². The normalized spacial score (nSPS) is 12.0. The van der Waals surface area contributed by atoms with Crippen LogP contribution < -0.4 is 10.6 Å². The summed E-state index contributed by atoms with van der Waals surface area (Å²) in [4.78, 5) is 14.6. The van der Waals surface area contributed by atoms with E-state index < -0.39 is 0 Å². The first-order valence-corrected chi connectivity index (χ1v) is 9.39. The van der Waals surface area contributed by atoms with Gasteiger partial charge in [0, 0.05) is 41.9 Å². The summed E-state index contributed by atoms with van der Waals surface area (Å²) in [6.07, 6.45) is 2.83. The van der Waals surface area contributed by atoms with Crippen LogP contribution in [0.3, 0.4) is 0 Å². The van der Waals surface area contributed by atoms with Gasteiger partial charge in [0.2, 0.25) is 0 Å². The predicted molar refractivity (Wildman–Crippen MR) is 115 cm³/mol. The van der Waals surface area contributed by atoms with Crippen molar-refractivity contribution in [2.45, 2.75) is 46.1 Å². The van der Waals surface area contributed by atoms with Crippen molar-refractivity contribution < 1.29 is 0 Å². The molecule has 134 valence electrons. The summed E-state index contributed by atoms with van der Waals surface area (Å²) in [5, 5.41) is 11.0. The molecule has 8 heteroatoms. The molecule has 24 heavy (non-hydrogen) atoms. The Morgan fingerprint density at radius 2 is 2.00 bits per heavy atom. The van der Waals surface area contributed by atoms with E-state index in [0.29, 0.717) is 6.54 Å². The molecule has 0 spiro atoms. The number of guanidine groups is 1. The van der Waals surface area contributed by atoms with Crippen LogP contribution in [-0.2, 0) is 18.4 Å². The van der Waals surface area contributed by atoms with Crippen LogP contribution in [0.15, 0.2) is 16.6 Å². The van der Waals surface area contributed by atoms with Crippen LogP contribution in [-0.4, -0.2) is 29.5 Å². The van der Waals surface area contributed by atoms with Crippen LogP contribution >= 0.6 is 46.7 Å². The highest BCUT2D eigenvalue weighted by molar-refractivity contribution is 14.0. The molecule has 2 aromatic rings. The molecule has 0 bridgehead atoms. The van der Waals surface area contributed by atoms with E-state index >= 15 is 0 Å². The molecule has 0 atom stereocenters. The second kappa shape index (κ2) is 9.67. The smallest absolute Gasteiger partial charge is 0.191 e. The van der Waals surface area contributed by atoms with E-state index in [1.165, 1.54) is 4.88 Å². The summed E-state index contributed by atoms with van der Waals surface area (Å²) in [5.74, 6) is 0.797. The van der Waals surface area contributed by atoms with Crippen LogP contribution in [0.5, 0.6) is 0 Å². The third-order valence-electron chi connectivity index (χ3n) is 3.25. The van der Waals surface area contributed by atoms with Crippen LogP contribution in [0.1, 0.15) is 41.4 Å². The van der Waals surface area contributed by atoms with Crippen molar-refractivity contribution >= 4 is 52.6 Å². The van der Waals surface area contributed by atoms with Gasteiger partial charge in [-0.3, -0.25) is 4.99 Å². The first kappa shape index (κ1) is 21.3. The second-order valence-electron chi connectivity index (χ2n) is 6.34. The summed E-state index contributed by atoms with van der Waals surface area (Å²) < 4.78 is 0. The Morgan fingerprint density at radius 1 is 1.25 bits per heavy atom. The topological polar surface area (TPSA) is 62.2 Å². The standard InChI is InChI=1S/C16H25N5S2.HI/c1-11-8-19-13(23-11)6-7-18-15(17-5)20-9-14-21-12(10-22-14)16(2,3)4;/h8,10H,6-7,9H2,1-5H3,(H2,17,18,20);1H. The molecule has 0 aliphatic rings. The average molecular weight is 479 g/mol. The highest BCUT2D eigenvalue weighted by atomic mass is 127. The summed E-state index contributed by atoms with van der Waals surface area (Å²) >= 11 is 3.43. The van der Waals surface area contributed by atoms with Crippen molar-refractivity contribution in [3.63, 3.8) is 0 Å². The van der Waals surface area contributed by atoms with Gasteiger partial charge in [-0.25, -0.2) is 9.97 Å². The Balaban J connectivity index is 0.00000288. The Kier molecular flexibility index (Phi) is 8.58. The maximum atomic E-state index is 4.68. The molecule has 0 saturated heterocycles. The molecule has 2 rings (SSSR count). The van der Waals surface area contributed by atoms with Gasteiger partial charge in [0.25, 0.3) is 0 Å². The minimum absolute atomic E-state index is 0. The predicted octanol–water partition coefficient (Wildman–Crippen LogP) is 3.73. The molecular weight excluding hydrogens is 453 g/mol. The Bertz CT molecular complexity index is 657. The number of halogens is 1. The number of thiazole rings is 2. The van der Waals surface area contributed by atoms with Gasteiger partial charge in [-0.05, 0) is 6.92 Å². The van der Waals surface area contributed by atoms with Gasteiger partial charge < -0.3 is 10.6 Å². The summed E-state index contributed by atoms with van der Waals surface area (Å²) in [6, 6.07) is 0. The lowest BCUT2D eigenvalue weighted by atomic mass is 9.93. The number of hydrogen-bond acceptors (Lipinski definition) is 5. The second-order valence-corrected chi connectivity index (χ2v) is 8.61. The minimum atomic E-state index is 0. The SMILES string of the molecule is CN=C(NCCc1ncc(C)s1)NCc1nc(C(C)(C)C)cs1.I. The molecule has 0 radical (unpaired) electrons. The molecule has 0 fully saturated rings. The number of rotatable bonds is 5. The number of nitrogens with zero attached hydrogens (tertiary/aromatic N) is 3. The number of hydrogen-bond donors (Lipinski definition) is 2. The maximum Gasteiger partial charge on any atom is 0.191 e. The third kappa shape index (κ3) is 6.64. The van der Waals surface area contributed by atoms with Crippen LogP contribution in [0.2, 0.25) is 0 Å². The highest BCUT2D eigenvalue weighted by Crippen LogP contribution is 2.23. The van der Waals surface area contributed by atoms with Gasteiger partial charge >= 0.3 is 0 Å². The largest absolute Gasteiger partial charge is 0.356 e. The van der Waals surface area contributed by atoms with E-state index in [0.717, 1.165) is 34.6 Å². The van der Waals surface area contributed by atoms with E-state index in [1.807, 2.05) is 6.20 Å². The van der Waals surface area contributed by atoms with Crippen molar-refractivity contribution in [2.75, 3.05) is 13.6 Å². The first-order valence-electron chi connectivity index (χ1n) is 7.69. The van der Waals surface area contributed by atoms with Gasteiger partial charge in [-0.1, -0.05) is 20.8 Å². The van der Waals surface area contributed by atoms with Crippen molar-refractivity contribution in [3.8, 4) is 0 Å². The monoisotopic (exact) mass is 479 g/mol. The molecule has 0 amide bonds. The molecule has 0 saturated carbocycles. The highest BCUT2D eigenvalue weighted by Gasteiger charge is 2.17. The van der Waals surface area contributed by atoms with E-state index in [-0.39, 0.29) is 29.4 Å². The Hall–Kier alpha value is -0.740. The summed E-state index contributed by atoms with van der Waals surface area (Å²) in [6.45, 7) is 10.1. The quantitative estimate of drug-likeness (QED) is 0.390. The van der Waals surface area contributed by atoms with Crippen molar-refractivity contribution in [1.82, 2.24) is 20.6 Å². The number of aryl methyl sites for hydroxylation is 1. The Morgan fingerprint density at radius 3 is 2.54 bits per heavy atom. The average Bonchev–Trinajstić information content (AvgIpc) is 3.11. The minimum Gasteiger partial charge on any atom is -0.356 e. The van der Waals surface area contributed by atoms with Crippen LogP contribution in [0.4, 0.5) is 0 Å². The van der Waals surface area contributed by atoms with E-state index in [2.05, 4.69) is 58.7 Å². The zero-order valence-electron chi connectivity index (χ0n) is 14.8. The van der Waals surface area contributed by atoms with Crippen molar-refractivity contribution in [3.05, 3.63) is 32.2 Å². The molecule has 5 nitrogen and oxygen atoms in total. The van der Waals surface area contributed by atoms with E-state index in [9.17, 15) is 0 Å². The van der Waals surface area contributed by atoms with Gasteiger partial charge in [0.15, 0.2) is 5.96 Å². The zero-order valence-corrected chi connectivity index (χ0v) is 18.8. The fraction of sp³-hybridized carbons (Fsp3) is 0.562. The van der Waals surface area contributed by atoms with Crippen molar-refractivity contribution in [2.24, 2.45) is 4.99 Å². The summed E-state index contributed by atoms with van der Waals surface area (Å²) in [5.41, 5.74) is 1.24. The molecule has 2 aromatic heterocycles. The Labute approximate surface area is 169 Å². The lowest BCUT2D eigenvalue weighted by Crippen LogP contribution is -2.37. The first-order chi connectivity index (χ1) is 10.9. The molecule has 2 heterocycles. The van der Waals surface area contributed by atoms with E-state index in [4.69, 9.17) is 0 Å². The van der Waals surface area contributed by atoms with Gasteiger partial charge in [-0.15, -0.1) is 46.7 Å². The molecule has 0 aliphatic carbocycles. The lowest BCUT2D eigenvalue weighted by Gasteiger charge is -2.14. The molecule has 0 unspecified atom stereocenters. The molecule has 0 aromatic carbocycles. The number of nitrogens with one attached hydrogen (secondary N) is 2. The van der Waals surface area contributed by atoms with Crippen LogP contribution in [0, 0.1) is 6.92 Å². The zero-order chi connectivity index (χ0) is 16.9. The van der Waals surface area contributed by atoms with Gasteiger partial charge in [-0.2, -0.15) is 0 Å². The molecule has 0 aliphatic heterocycles.